The number of rotatable bonds is 6. The Hall–Kier alpha value is -2.04. The molecule has 1 atom stereocenters. The normalized spacial score (nSPS) is 12.1. The number of carboxylic acids is 1. The van der Waals surface area contributed by atoms with Gasteiger partial charge in [0, 0.05) is 0 Å². The second-order valence-corrected chi connectivity index (χ2v) is 5.16. The molecule has 5 heteroatoms. The van der Waals surface area contributed by atoms with Gasteiger partial charge in [0.2, 0.25) is 0 Å². The fraction of sp³-hybridized carbons (Fsp3) is 0.467. The zero-order chi connectivity index (χ0) is 15.3. The van der Waals surface area contributed by atoms with Crippen LogP contribution in [0.15, 0.2) is 18.2 Å². The van der Waals surface area contributed by atoms with Crippen LogP contribution in [-0.2, 0) is 9.59 Å². The Morgan fingerprint density at radius 3 is 2.50 bits per heavy atom. The molecule has 1 amide bonds. The van der Waals surface area contributed by atoms with E-state index in [9.17, 15) is 9.59 Å². The summed E-state index contributed by atoms with van der Waals surface area (Å²) in [7, 11) is 0. The molecular formula is C15H21NO4. The minimum Gasteiger partial charge on any atom is -0.480 e. The Morgan fingerprint density at radius 2 is 1.95 bits per heavy atom. The molecule has 0 radical (unpaired) electrons. The standard InChI is InChI=1S/C15H21NO4/c1-9(2)14(15(19)16-8-13(17)18)20-12-7-10(3)5-6-11(12)4/h5-7,9,14H,8H2,1-4H3,(H,16,19)(H,17,18). The van der Waals surface area contributed by atoms with Crippen molar-refractivity contribution in [2.75, 3.05) is 6.54 Å². The average Bonchev–Trinajstić information content (AvgIpc) is 2.36. The summed E-state index contributed by atoms with van der Waals surface area (Å²) in [5, 5.41) is 11.0. The summed E-state index contributed by atoms with van der Waals surface area (Å²) in [6.07, 6.45) is -0.713. The summed E-state index contributed by atoms with van der Waals surface area (Å²) >= 11 is 0. The Labute approximate surface area is 118 Å². The van der Waals surface area contributed by atoms with Crippen molar-refractivity contribution in [3.05, 3.63) is 29.3 Å². The van der Waals surface area contributed by atoms with Crippen LogP contribution >= 0.6 is 0 Å². The van der Waals surface area contributed by atoms with Gasteiger partial charge in [-0.3, -0.25) is 9.59 Å². The van der Waals surface area contributed by atoms with Gasteiger partial charge in [-0.25, -0.2) is 0 Å². The van der Waals surface area contributed by atoms with Crippen LogP contribution in [-0.4, -0.2) is 29.6 Å². The molecule has 0 aliphatic heterocycles. The number of nitrogens with one attached hydrogen (secondary N) is 1. The first-order valence-corrected chi connectivity index (χ1v) is 6.54. The molecule has 0 saturated carbocycles. The van der Waals surface area contributed by atoms with E-state index in [-0.39, 0.29) is 5.92 Å². The maximum absolute atomic E-state index is 12.0. The molecule has 1 aromatic carbocycles. The Bertz CT molecular complexity index is 497. The van der Waals surface area contributed by atoms with E-state index in [0.717, 1.165) is 11.1 Å². The first-order chi connectivity index (χ1) is 9.31. The van der Waals surface area contributed by atoms with Crippen molar-refractivity contribution < 1.29 is 19.4 Å². The van der Waals surface area contributed by atoms with Crippen LogP contribution in [0.1, 0.15) is 25.0 Å². The number of ether oxygens (including phenoxy) is 1. The molecule has 0 fully saturated rings. The molecule has 0 aliphatic carbocycles. The molecular weight excluding hydrogens is 258 g/mol. The number of benzene rings is 1. The van der Waals surface area contributed by atoms with E-state index in [1.165, 1.54) is 0 Å². The summed E-state index contributed by atoms with van der Waals surface area (Å²) in [5.41, 5.74) is 1.98. The first kappa shape index (κ1) is 16.0. The number of aryl methyl sites for hydroxylation is 2. The predicted octanol–water partition coefficient (Wildman–Crippen LogP) is 1.91. The van der Waals surface area contributed by atoms with E-state index in [1.54, 1.807) is 0 Å². The number of carbonyl (C=O) groups is 2. The van der Waals surface area contributed by atoms with Crippen LogP contribution in [0.5, 0.6) is 5.75 Å². The number of carboxylic acid groups (broad SMARTS) is 1. The summed E-state index contributed by atoms with van der Waals surface area (Å²) in [6.45, 7) is 7.16. The van der Waals surface area contributed by atoms with Gasteiger partial charge in [-0.05, 0) is 37.0 Å². The maximum Gasteiger partial charge on any atom is 0.322 e. The zero-order valence-corrected chi connectivity index (χ0v) is 12.3. The van der Waals surface area contributed by atoms with E-state index in [4.69, 9.17) is 9.84 Å². The third kappa shape index (κ3) is 4.57. The SMILES string of the molecule is Cc1ccc(C)c(OC(C(=O)NCC(=O)O)C(C)C)c1. The summed E-state index contributed by atoms with van der Waals surface area (Å²) in [6, 6.07) is 5.77. The topological polar surface area (TPSA) is 75.6 Å². The Balaban J connectivity index is 2.84. The largest absolute Gasteiger partial charge is 0.480 e. The molecule has 20 heavy (non-hydrogen) atoms. The Kier molecular flexibility index (Phi) is 5.55. The van der Waals surface area contributed by atoms with Crippen molar-refractivity contribution in [3.8, 4) is 5.75 Å². The average molecular weight is 279 g/mol. The minimum absolute atomic E-state index is 0.0660. The van der Waals surface area contributed by atoms with Crippen molar-refractivity contribution in [2.24, 2.45) is 5.92 Å². The van der Waals surface area contributed by atoms with Gasteiger partial charge in [0.05, 0.1) is 0 Å². The lowest BCUT2D eigenvalue weighted by molar-refractivity contribution is -0.139. The molecule has 0 spiro atoms. The highest BCUT2D eigenvalue weighted by atomic mass is 16.5. The van der Waals surface area contributed by atoms with Gasteiger partial charge in [0.25, 0.3) is 5.91 Å². The maximum atomic E-state index is 12.0. The van der Waals surface area contributed by atoms with Crippen LogP contribution in [0.25, 0.3) is 0 Å². The second kappa shape index (κ2) is 6.93. The highest BCUT2D eigenvalue weighted by Gasteiger charge is 2.25. The number of carbonyl (C=O) groups excluding carboxylic acids is 1. The van der Waals surface area contributed by atoms with E-state index < -0.39 is 24.5 Å². The van der Waals surface area contributed by atoms with Crippen LogP contribution in [0, 0.1) is 19.8 Å². The third-order valence-electron chi connectivity index (χ3n) is 2.88. The first-order valence-electron chi connectivity index (χ1n) is 6.54. The van der Waals surface area contributed by atoms with Crippen LogP contribution in [0.2, 0.25) is 0 Å². The summed E-state index contributed by atoms with van der Waals surface area (Å²) < 4.78 is 5.78. The van der Waals surface area contributed by atoms with E-state index >= 15 is 0 Å². The van der Waals surface area contributed by atoms with Gasteiger partial charge < -0.3 is 15.2 Å². The van der Waals surface area contributed by atoms with Gasteiger partial charge in [0.1, 0.15) is 12.3 Å². The molecule has 110 valence electrons. The van der Waals surface area contributed by atoms with Crippen molar-refractivity contribution in [2.45, 2.75) is 33.8 Å². The minimum atomic E-state index is -1.08. The zero-order valence-electron chi connectivity index (χ0n) is 12.3. The summed E-state index contributed by atoms with van der Waals surface area (Å²) in [5.74, 6) is -0.909. The second-order valence-electron chi connectivity index (χ2n) is 5.16. The predicted molar refractivity (Wildman–Crippen MR) is 75.8 cm³/mol. The Morgan fingerprint density at radius 1 is 1.30 bits per heavy atom. The highest BCUT2D eigenvalue weighted by molar-refractivity contribution is 5.85. The molecule has 1 unspecified atom stereocenters. The molecule has 0 aliphatic rings. The van der Waals surface area contributed by atoms with E-state index in [0.29, 0.717) is 5.75 Å². The van der Waals surface area contributed by atoms with Gasteiger partial charge in [-0.1, -0.05) is 26.0 Å². The number of aliphatic carboxylic acids is 1. The van der Waals surface area contributed by atoms with Crippen molar-refractivity contribution in [1.82, 2.24) is 5.32 Å². The van der Waals surface area contributed by atoms with Crippen molar-refractivity contribution in [3.63, 3.8) is 0 Å². The number of hydrogen-bond donors (Lipinski definition) is 2. The monoisotopic (exact) mass is 279 g/mol. The van der Waals surface area contributed by atoms with Crippen LogP contribution < -0.4 is 10.1 Å². The summed E-state index contributed by atoms with van der Waals surface area (Å²) in [4.78, 5) is 22.5. The van der Waals surface area contributed by atoms with E-state index in [1.807, 2.05) is 45.9 Å². The van der Waals surface area contributed by atoms with Gasteiger partial charge >= 0.3 is 5.97 Å². The molecule has 1 aromatic rings. The fourth-order valence-corrected chi connectivity index (χ4v) is 1.73. The highest BCUT2D eigenvalue weighted by Crippen LogP contribution is 2.22. The lowest BCUT2D eigenvalue weighted by Gasteiger charge is -2.22. The van der Waals surface area contributed by atoms with Crippen LogP contribution in [0.4, 0.5) is 0 Å². The molecule has 2 N–H and O–H groups in total. The number of hydrogen-bond acceptors (Lipinski definition) is 3. The quantitative estimate of drug-likeness (QED) is 0.834. The lowest BCUT2D eigenvalue weighted by atomic mass is 10.1. The van der Waals surface area contributed by atoms with Gasteiger partial charge in [-0.2, -0.15) is 0 Å². The van der Waals surface area contributed by atoms with Crippen molar-refractivity contribution in [1.29, 1.82) is 0 Å². The lowest BCUT2D eigenvalue weighted by Crippen LogP contribution is -2.43. The molecule has 0 heterocycles. The molecule has 0 aromatic heterocycles. The van der Waals surface area contributed by atoms with Crippen molar-refractivity contribution >= 4 is 11.9 Å². The number of amides is 1. The van der Waals surface area contributed by atoms with Crippen LogP contribution in [0.3, 0.4) is 0 Å². The van der Waals surface area contributed by atoms with Gasteiger partial charge in [0.15, 0.2) is 6.10 Å². The smallest absolute Gasteiger partial charge is 0.322 e. The molecule has 5 nitrogen and oxygen atoms in total. The molecule has 0 bridgehead atoms. The third-order valence-corrected chi connectivity index (χ3v) is 2.88. The molecule has 0 saturated heterocycles. The fourth-order valence-electron chi connectivity index (χ4n) is 1.73. The molecule has 1 rings (SSSR count). The van der Waals surface area contributed by atoms with Gasteiger partial charge in [-0.15, -0.1) is 0 Å². The van der Waals surface area contributed by atoms with E-state index in [2.05, 4.69) is 5.32 Å².